The van der Waals surface area contributed by atoms with Crippen LogP contribution >= 0.6 is 11.3 Å². The lowest BCUT2D eigenvalue weighted by molar-refractivity contribution is -0.0386. The lowest BCUT2D eigenvalue weighted by atomic mass is 9.73. The van der Waals surface area contributed by atoms with Gasteiger partial charge in [-0.1, -0.05) is 33.1 Å². The highest BCUT2D eigenvalue weighted by atomic mass is 32.1. The van der Waals surface area contributed by atoms with Gasteiger partial charge in [-0.25, -0.2) is 19.6 Å². The number of nitrogen functional groups attached to an aromatic ring is 1. The number of carbonyl (C=O) groups excluding carboxylic acids is 1. The molecule has 2 aliphatic carbocycles. The smallest absolute Gasteiger partial charge is 0.278 e. The van der Waals surface area contributed by atoms with Crippen LogP contribution < -0.4 is 11.1 Å². The first-order valence-corrected chi connectivity index (χ1v) is 17.7. The zero-order valence-corrected chi connectivity index (χ0v) is 27.4. The number of piperidine rings is 1. The van der Waals surface area contributed by atoms with Crippen LogP contribution in [-0.2, 0) is 27.9 Å². The zero-order valence-electron chi connectivity index (χ0n) is 26.6. The molecule has 0 bridgehead atoms. The SMILES string of the molecule is CC1(C)Cc2cnc(N)nc2-c2c1c(C(=O)Nc1nc(COC3CCN(CC4CCCCC4)CC3)cs1)nn2C1CCCCO1. The number of carbonyl (C=O) groups is 1. The molecule has 45 heavy (non-hydrogen) atoms. The quantitative estimate of drug-likeness (QED) is 0.319. The van der Waals surface area contributed by atoms with Crippen LogP contribution in [0, 0.1) is 5.92 Å². The number of amides is 1. The molecule has 7 rings (SSSR count). The fraction of sp³-hybridized carbons (Fsp3) is 0.667. The number of nitrogens with zero attached hydrogens (tertiary/aromatic N) is 6. The molecule has 12 heteroatoms. The molecule has 3 N–H and O–H groups in total. The lowest BCUT2D eigenvalue weighted by Crippen LogP contribution is -2.40. The molecule has 0 aromatic carbocycles. The second kappa shape index (κ2) is 13.1. The van der Waals surface area contributed by atoms with Crippen molar-refractivity contribution in [1.82, 2.24) is 29.6 Å². The lowest BCUT2D eigenvalue weighted by Gasteiger charge is -2.35. The van der Waals surface area contributed by atoms with Crippen LogP contribution in [-0.4, -0.2) is 67.9 Å². The molecule has 4 aliphatic rings. The second-order valence-electron chi connectivity index (χ2n) is 13.9. The Kier molecular flexibility index (Phi) is 8.91. The third-order valence-corrected chi connectivity index (χ3v) is 10.8. The Morgan fingerprint density at radius 1 is 1.11 bits per heavy atom. The van der Waals surface area contributed by atoms with Gasteiger partial charge in [0.1, 0.15) is 0 Å². The van der Waals surface area contributed by atoms with Crippen LogP contribution in [0.15, 0.2) is 11.6 Å². The summed E-state index contributed by atoms with van der Waals surface area (Å²) in [4.78, 5) is 30.1. The van der Waals surface area contributed by atoms with Gasteiger partial charge in [-0.3, -0.25) is 10.1 Å². The molecule has 5 heterocycles. The van der Waals surface area contributed by atoms with Crippen molar-refractivity contribution in [3.8, 4) is 11.4 Å². The number of fused-ring (bicyclic) bond motifs is 3. The molecule has 3 aromatic rings. The highest BCUT2D eigenvalue weighted by Gasteiger charge is 2.42. The summed E-state index contributed by atoms with van der Waals surface area (Å²) in [6, 6.07) is 0. The number of rotatable bonds is 8. The fourth-order valence-corrected chi connectivity index (χ4v) is 8.38. The Balaban J connectivity index is 1.03. The first kappa shape index (κ1) is 30.7. The molecule has 2 saturated heterocycles. The largest absolute Gasteiger partial charge is 0.372 e. The van der Waals surface area contributed by atoms with Crippen LogP contribution in [0.1, 0.15) is 112 Å². The average molecular weight is 635 g/mol. The predicted octanol–water partition coefficient (Wildman–Crippen LogP) is 5.73. The molecule has 1 saturated carbocycles. The minimum atomic E-state index is -0.380. The molecule has 1 atom stereocenters. The Bertz CT molecular complexity index is 1500. The number of ether oxygens (including phenoxy) is 2. The van der Waals surface area contributed by atoms with Crippen LogP contribution in [0.2, 0.25) is 0 Å². The van der Waals surface area contributed by atoms with E-state index in [1.807, 2.05) is 10.1 Å². The van der Waals surface area contributed by atoms with Gasteiger partial charge >= 0.3 is 0 Å². The Hall–Kier alpha value is -2.93. The van der Waals surface area contributed by atoms with Crippen molar-refractivity contribution in [2.75, 3.05) is 37.3 Å². The normalized spacial score (nSPS) is 22.6. The number of nitrogens with two attached hydrogens (primary N) is 1. The van der Waals surface area contributed by atoms with Crippen molar-refractivity contribution in [1.29, 1.82) is 0 Å². The monoisotopic (exact) mass is 634 g/mol. The Morgan fingerprint density at radius 2 is 1.91 bits per heavy atom. The van der Waals surface area contributed by atoms with Gasteiger partial charge in [-0.05, 0) is 68.3 Å². The van der Waals surface area contributed by atoms with E-state index in [1.54, 1.807) is 6.20 Å². The Labute approximate surface area is 269 Å². The first-order chi connectivity index (χ1) is 21.8. The molecule has 0 spiro atoms. The topological polar surface area (TPSA) is 133 Å². The molecule has 3 aromatic heterocycles. The highest BCUT2D eigenvalue weighted by molar-refractivity contribution is 7.14. The van der Waals surface area contributed by atoms with Gasteiger partial charge < -0.3 is 20.1 Å². The molecule has 1 amide bonds. The van der Waals surface area contributed by atoms with E-state index < -0.39 is 0 Å². The van der Waals surface area contributed by atoms with Gasteiger partial charge in [0.15, 0.2) is 17.1 Å². The van der Waals surface area contributed by atoms with Gasteiger partial charge in [-0.2, -0.15) is 5.10 Å². The third kappa shape index (κ3) is 6.65. The van der Waals surface area contributed by atoms with E-state index in [9.17, 15) is 4.79 Å². The summed E-state index contributed by atoms with van der Waals surface area (Å²) >= 11 is 1.41. The van der Waals surface area contributed by atoms with E-state index in [4.69, 9.17) is 25.3 Å². The van der Waals surface area contributed by atoms with Gasteiger partial charge in [0, 0.05) is 43.4 Å². The summed E-state index contributed by atoms with van der Waals surface area (Å²) in [6.07, 6.45) is 14.5. The molecular formula is C33H46N8O3S. The van der Waals surface area contributed by atoms with Crippen molar-refractivity contribution >= 4 is 28.3 Å². The molecule has 1 unspecified atom stereocenters. The molecule has 11 nitrogen and oxygen atoms in total. The van der Waals surface area contributed by atoms with Crippen molar-refractivity contribution < 1.29 is 14.3 Å². The number of hydrogen-bond donors (Lipinski definition) is 2. The number of likely N-dealkylation sites (tertiary alicyclic amines) is 1. The Morgan fingerprint density at radius 3 is 2.69 bits per heavy atom. The predicted molar refractivity (Wildman–Crippen MR) is 174 cm³/mol. The first-order valence-electron chi connectivity index (χ1n) is 16.8. The van der Waals surface area contributed by atoms with Gasteiger partial charge in [0.25, 0.3) is 5.91 Å². The molecule has 242 valence electrons. The maximum Gasteiger partial charge on any atom is 0.278 e. The molecule has 2 aliphatic heterocycles. The number of anilines is 2. The van der Waals surface area contributed by atoms with Crippen molar-refractivity contribution in [2.45, 2.75) is 109 Å². The van der Waals surface area contributed by atoms with E-state index in [1.165, 1.54) is 50.0 Å². The third-order valence-electron chi connectivity index (χ3n) is 9.99. The van der Waals surface area contributed by atoms with Crippen LogP contribution in [0.4, 0.5) is 11.1 Å². The number of aromatic nitrogens is 5. The molecular weight excluding hydrogens is 588 g/mol. The minimum absolute atomic E-state index is 0.199. The van der Waals surface area contributed by atoms with Crippen LogP contribution in [0.5, 0.6) is 0 Å². The van der Waals surface area contributed by atoms with Crippen LogP contribution in [0.3, 0.4) is 0 Å². The summed E-state index contributed by atoms with van der Waals surface area (Å²) in [5, 5.41) is 10.5. The number of nitrogens with one attached hydrogen (secondary N) is 1. The standard InChI is InChI=1S/C33H46N8O3S/c1-33(2)16-22-17-35-31(34)37-27(22)29-26(33)28(39-41(29)25-10-6-7-15-43-25)30(42)38-32-36-23(20-45-32)19-44-24-11-13-40(14-12-24)18-21-8-4-3-5-9-21/h17,20-21,24-25H,3-16,18-19H2,1-2H3,(H2,34,35,37)(H,36,38,42). The van der Waals surface area contributed by atoms with E-state index in [2.05, 4.69) is 34.0 Å². The summed E-state index contributed by atoms with van der Waals surface area (Å²) in [5.41, 5.74) is 10.2. The highest BCUT2D eigenvalue weighted by Crippen LogP contribution is 2.46. The maximum atomic E-state index is 13.9. The van der Waals surface area contributed by atoms with E-state index in [-0.39, 0.29) is 29.6 Å². The van der Waals surface area contributed by atoms with Crippen molar-refractivity contribution in [3.63, 3.8) is 0 Å². The van der Waals surface area contributed by atoms with Crippen LogP contribution in [0.25, 0.3) is 11.4 Å². The van der Waals surface area contributed by atoms with E-state index in [0.29, 0.717) is 30.5 Å². The maximum absolute atomic E-state index is 13.9. The summed E-state index contributed by atoms with van der Waals surface area (Å²) in [5.74, 6) is 0.797. The number of hydrogen-bond acceptors (Lipinski definition) is 10. The zero-order chi connectivity index (χ0) is 31.0. The molecule has 0 radical (unpaired) electrons. The minimum Gasteiger partial charge on any atom is -0.372 e. The van der Waals surface area contributed by atoms with Gasteiger partial charge in [-0.15, -0.1) is 11.3 Å². The summed E-state index contributed by atoms with van der Waals surface area (Å²) < 4.78 is 14.3. The summed E-state index contributed by atoms with van der Waals surface area (Å²) in [6.45, 7) is 8.86. The van der Waals surface area contributed by atoms with Gasteiger partial charge in [0.2, 0.25) is 5.95 Å². The average Bonchev–Trinajstić information content (AvgIpc) is 3.68. The number of thiazole rings is 1. The fourth-order valence-electron chi connectivity index (χ4n) is 7.69. The van der Waals surface area contributed by atoms with Crippen molar-refractivity contribution in [2.24, 2.45) is 5.92 Å². The second-order valence-corrected chi connectivity index (χ2v) is 14.8. The molecule has 3 fully saturated rings. The summed E-state index contributed by atoms with van der Waals surface area (Å²) in [7, 11) is 0. The van der Waals surface area contributed by atoms with E-state index in [0.717, 1.165) is 79.3 Å². The van der Waals surface area contributed by atoms with E-state index >= 15 is 0 Å². The van der Waals surface area contributed by atoms with Crippen molar-refractivity contribution in [3.05, 3.63) is 34.1 Å². The van der Waals surface area contributed by atoms with Gasteiger partial charge in [0.05, 0.1) is 29.8 Å².